The number of benzene rings is 2. The van der Waals surface area contributed by atoms with E-state index in [1.807, 2.05) is 0 Å². The number of ether oxygens (including phenoxy) is 1. The second kappa shape index (κ2) is 7.08. The van der Waals surface area contributed by atoms with E-state index < -0.39 is 30.0 Å². The Morgan fingerprint density at radius 2 is 1.90 bits per heavy atom. The van der Waals surface area contributed by atoms with E-state index in [4.69, 9.17) is 4.74 Å². The van der Waals surface area contributed by atoms with Crippen molar-refractivity contribution < 1.29 is 28.2 Å². The van der Waals surface area contributed by atoms with Gasteiger partial charge in [-0.15, -0.1) is 0 Å². The smallest absolute Gasteiger partial charge is 0.322 e. The maximum atomic E-state index is 13.4. The van der Waals surface area contributed by atoms with Crippen molar-refractivity contribution in [2.24, 2.45) is 0 Å². The summed E-state index contributed by atoms with van der Waals surface area (Å²) in [6, 6.07) is 9.41. The number of halogens is 2. The third-order valence-corrected chi connectivity index (χ3v) is 4.86. The van der Waals surface area contributed by atoms with Gasteiger partial charge in [-0.3, -0.25) is 10.1 Å². The second-order valence-electron chi connectivity index (χ2n) is 6.69. The number of carbonyl (C=O) groups is 2. The highest BCUT2D eigenvalue weighted by Crippen LogP contribution is 2.34. The van der Waals surface area contributed by atoms with Gasteiger partial charge in [-0.1, -0.05) is 12.1 Å². The molecular formula is C20H17F2N3O4. The molecule has 3 aromatic rings. The number of amides is 3. The molecule has 1 saturated heterocycles. The minimum atomic E-state index is -1.52. The molecule has 0 spiro atoms. The van der Waals surface area contributed by atoms with E-state index in [1.54, 1.807) is 24.4 Å². The molecule has 3 N–H and O–H groups in total. The van der Waals surface area contributed by atoms with E-state index in [0.717, 1.165) is 0 Å². The van der Waals surface area contributed by atoms with Gasteiger partial charge >= 0.3 is 6.03 Å². The van der Waals surface area contributed by atoms with Gasteiger partial charge in [-0.2, -0.15) is 0 Å². The lowest BCUT2D eigenvalue weighted by Crippen LogP contribution is -2.47. The maximum absolute atomic E-state index is 13.4. The van der Waals surface area contributed by atoms with Crippen molar-refractivity contribution in [1.29, 1.82) is 0 Å². The third kappa shape index (κ3) is 3.24. The highest BCUT2D eigenvalue weighted by atomic mass is 19.1. The predicted octanol–water partition coefficient (Wildman–Crippen LogP) is 2.57. The van der Waals surface area contributed by atoms with Crippen molar-refractivity contribution in [3.8, 4) is 11.6 Å². The zero-order valence-electron chi connectivity index (χ0n) is 15.1. The van der Waals surface area contributed by atoms with Crippen LogP contribution < -0.4 is 15.4 Å². The number of aromatic nitrogens is 1. The summed E-state index contributed by atoms with van der Waals surface area (Å²) in [6.45, 7) is -0.871. The first-order valence-corrected chi connectivity index (χ1v) is 8.83. The summed E-state index contributed by atoms with van der Waals surface area (Å²) in [7, 11) is 0. The lowest BCUT2D eigenvalue weighted by atomic mass is 9.89. The van der Waals surface area contributed by atoms with Gasteiger partial charge in [0.05, 0.1) is 6.54 Å². The van der Waals surface area contributed by atoms with Crippen molar-refractivity contribution in [3.05, 3.63) is 60.0 Å². The highest BCUT2D eigenvalue weighted by Gasteiger charge is 2.48. The summed E-state index contributed by atoms with van der Waals surface area (Å²) >= 11 is 0. The Hall–Kier alpha value is -3.62. The maximum Gasteiger partial charge on any atom is 0.322 e. The third-order valence-electron chi connectivity index (χ3n) is 4.86. The highest BCUT2D eigenvalue weighted by molar-refractivity contribution is 6.07. The number of fused-ring (bicyclic) bond motifs is 1. The zero-order chi connectivity index (χ0) is 20.6. The molecule has 150 valence electrons. The standard InChI is InChI=1S/C20H17F2N3O4/c21-7-8-29-15-6-1-12-10-25(17(26)16(12)9-15)11-20(18(27)23-19(28)24-20)13-2-4-14(22)5-3-13/h1-6,9-10,26H,7-8,11H2,(H2,23,24,27,28). The zero-order valence-corrected chi connectivity index (χ0v) is 15.1. The molecule has 1 aliphatic rings. The van der Waals surface area contributed by atoms with Crippen molar-refractivity contribution in [2.75, 3.05) is 13.3 Å². The molecule has 1 fully saturated rings. The molecule has 29 heavy (non-hydrogen) atoms. The normalized spacial score (nSPS) is 18.7. The molecule has 0 aliphatic carbocycles. The fraction of sp³-hybridized carbons (Fsp3) is 0.200. The van der Waals surface area contributed by atoms with Crippen molar-refractivity contribution in [2.45, 2.75) is 12.1 Å². The molecule has 2 aromatic carbocycles. The van der Waals surface area contributed by atoms with Crippen LogP contribution in [0.1, 0.15) is 5.56 Å². The number of urea groups is 1. The molecule has 9 heteroatoms. The van der Waals surface area contributed by atoms with Crippen LogP contribution in [0.15, 0.2) is 48.7 Å². The van der Waals surface area contributed by atoms with Crippen LogP contribution in [0.4, 0.5) is 13.6 Å². The predicted molar refractivity (Wildman–Crippen MR) is 99.8 cm³/mol. The van der Waals surface area contributed by atoms with Gasteiger partial charge in [0.25, 0.3) is 5.91 Å². The van der Waals surface area contributed by atoms with Gasteiger partial charge < -0.3 is 19.7 Å². The van der Waals surface area contributed by atoms with Crippen molar-refractivity contribution in [1.82, 2.24) is 15.2 Å². The SMILES string of the molecule is O=C1NC(=O)C(Cn2cc3ccc(OCCF)cc3c2O)(c2ccc(F)cc2)N1. The Kier molecular flexibility index (Phi) is 4.57. The molecule has 7 nitrogen and oxygen atoms in total. The first-order valence-electron chi connectivity index (χ1n) is 8.83. The molecule has 4 rings (SSSR count). The van der Waals surface area contributed by atoms with Crippen LogP contribution in [-0.4, -0.2) is 34.9 Å². The van der Waals surface area contributed by atoms with E-state index in [1.165, 1.54) is 28.8 Å². The second-order valence-corrected chi connectivity index (χ2v) is 6.69. The van der Waals surface area contributed by atoms with Gasteiger partial charge in [-0.05, 0) is 35.9 Å². The Labute approximate surface area is 163 Å². The van der Waals surface area contributed by atoms with Crippen LogP contribution in [-0.2, 0) is 16.9 Å². The number of carbonyl (C=O) groups excluding carboxylic acids is 2. The Morgan fingerprint density at radius 1 is 1.14 bits per heavy atom. The topological polar surface area (TPSA) is 92.6 Å². The number of rotatable bonds is 6. The summed E-state index contributed by atoms with van der Waals surface area (Å²) in [4.78, 5) is 24.5. The Morgan fingerprint density at radius 3 is 2.55 bits per heavy atom. The lowest BCUT2D eigenvalue weighted by molar-refractivity contribution is -0.124. The molecule has 3 amide bonds. The summed E-state index contributed by atoms with van der Waals surface area (Å²) in [5.41, 5.74) is -1.16. The van der Waals surface area contributed by atoms with E-state index >= 15 is 0 Å². The van der Waals surface area contributed by atoms with Crippen molar-refractivity contribution >= 4 is 22.7 Å². The van der Waals surface area contributed by atoms with Gasteiger partial charge in [0.1, 0.15) is 24.8 Å². The lowest BCUT2D eigenvalue weighted by Gasteiger charge is -2.27. The van der Waals surface area contributed by atoms with Crippen LogP contribution >= 0.6 is 0 Å². The molecule has 0 saturated carbocycles. The minimum absolute atomic E-state index is 0.104. The fourth-order valence-corrected chi connectivity index (χ4v) is 3.48. The van der Waals surface area contributed by atoms with E-state index in [-0.39, 0.29) is 19.0 Å². The van der Waals surface area contributed by atoms with Gasteiger partial charge in [0, 0.05) is 17.0 Å². The fourth-order valence-electron chi connectivity index (χ4n) is 3.48. The van der Waals surface area contributed by atoms with Crippen LogP contribution in [0.3, 0.4) is 0 Å². The van der Waals surface area contributed by atoms with E-state index in [0.29, 0.717) is 22.1 Å². The summed E-state index contributed by atoms with van der Waals surface area (Å²) in [5, 5.41) is 16.6. The molecule has 1 unspecified atom stereocenters. The van der Waals surface area contributed by atoms with E-state index in [2.05, 4.69) is 10.6 Å². The minimum Gasteiger partial charge on any atom is -0.494 e. The molecule has 0 bridgehead atoms. The monoisotopic (exact) mass is 401 g/mol. The molecule has 0 radical (unpaired) electrons. The summed E-state index contributed by atoms with van der Waals surface area (Å²) < 4.78 is 32.3. The number of aromatic hydroxyl groups is 1. The summed E-state index contributed by atoms with van der Waals surface area (Å²) in [6.07, 6.45) is 1.62. The average molecular weight is 401 g/mol. The number of hydrogen-bond donors (Lipinski definition) is 3. The van der Waals surface area contributed by atoms with Crippen LogP contribution in [0.2, 0.25) is 0 Å². The first kappa shape index (κ1) is 18.7. The van der Waals surface area contributed by atoms with Crippen molar-refractivity contribution in [3.63, 3.8) is 0 Å². The van der Waals surface area contributed by atoms with Gasteiger partial charge in [0.15, 0.2) is 11.4 Å². The average Bonchev–Trinajstić information content (AvgIpc) is 3.17. The van der Waals surface area contributed by atoms with Gasteiger partial charge in [0.2, 0.25) is 0 Å². The Balaban J connectivity index is 1.75. The summed E-state index contributed by atoms with van der Waals surface area (Å²) in [5.74, 6) is -0.855. The molecule has 2 heterocycles. The molecule has 1 aliphatic heterocycles. The number of nitrogens with one attached hydrogen (secondary N) is 2. The number of nitrogens with zero attached hydrogens (tertiary/aromatic N) is 1. The first-order chi connectivity index (χ1) is 13.9. The number of hydrogen-bond acceptors (Lipinski definition) is 4. The molecular weight excluding hydrogens is 384 g/mol. The van der Waals surface area contributed by atoms with E-state index in [9.17, 15) is 23.5 Å². The largest absolute Gasteiger partial charge is 0.494 e. The van der Waals surface area contributed by atoms with Crippen LogP contribution in [0.5, 0.6) is 11.6 Å². The Bertz CT molecular complexity index is 1100. The quantitative estimate of drug-likeness (QED) is 0.554. The molecule has 1 aromatic heterocycles. The number of imide groups is 1. The molecule has 1 atom stereocenters. The van der Waals surface area contributed by atoms with Gasteiger partial charge in [-0.25, -0.2) is 13.6 Å². The van der Waals surface area contributed by atoms with Crippen LogP contribution in [0.25, 0.3) is 10.8 Å². The number of alkyl halides is 1. The van der Waals surface area contributed by atoms with Crippen LogP contribution in [0, 0.1) is 5.82 Å².